The molecule has 1 aromatic carbocycles. The number of aryl methyl sites for hydroxylation is 1. The fourth-order valence-corrected chi connectivity index (χ4v) is 3.40. The van der Waals surface area contributed by atoms with Crippen molar-refractivity contribution in [2.24, 2.45) is 0 Å². The number of benzene rings is 1. The second-order valence-electron chi connectivity index (χ2n) is 6.34. The van der Waals surface area contributed by atoms with Crippen molar-refractivity contribution in [3.05, 3.63) is 65.7 Å². The van der Waals surface area contributed by atoms with Gasteiger partial charge in [-0.15, -0.1) is 0 Å². The molecule has 3 aromatic rings. The highest BCUT2D eigenvalue weighted by atomic mass is 15.2. The van der Waals surface area contributed by atoms with E-state index in [4.69, 9.17) is 0 Å². The number of hydrogen-bond acceptors (Lipinski definition) is 4. The zero-order valence-electron chi connectivity index (χ0n) is 14.0. The Labute approximate surface area is 142 Å². The van der Waals surface area contributed by atoms with Crippen LogP contribution in [-0.4, -0.2) is 38.9 Å². The van der Waals surface area contributed by atoms with Crippen LogP contribution in [0.3, 0.4) is 0 Å². The van der Waals surface area contributed by atoms with Gasteiger partial charge in [-0.05, 0) is 23.6 Å². The summed E-state index contributed by atoms with van der Waals surface area (Å²) in [5.41, 5.74) is 3.84. The van der Waals surface area contributed by atoms with Crippen LogP contribution in [0.4, 0.5) is 0 Å². The third-order valence-electron chi connectivity index (χ3n) is 4.78. The molecule has 0 spiro atoms. The van der Waals surface area contributed by atoms with Crippen molar-refractivity contribution in [3.8, 4) is 0 Å². The minimum atomic E-state index is 0.391. The van der Waals surface area contributed by atoms with Gasteiger partial charge in [-0.25, -0.2) is 9.97 Å². The summed E-state index contributed by atoms with van der Waals surface area (Å²) in [6, 6.07) is 11.4. The molecule has 1 atom stereocenters. The standard InChI is InChI=1S/C19H23N5/c1-2-15-4-6-16(7-5-15)18-12-20-9-11-23(18)13-17-14-24-10-3-8-21-19(24)22-17/h3-8,10,14,18,20H,2,9,11-13H2,1H3. The quantitative estimate of drug-likeness (QED) is 0.802. The molecule has 0 aliphatic carbocycles. The second kappa shape index (κ2) is 6.71. The summed E-state index contributed by atoms with van der Waals surface area (Å²) in [5, 5.41) is 3.52. The first-order valence-corrected chi connectivity index (χ1v) is 8.65. The van der Waals surface area contributed by atoms with Crippen molar-refractivity contribution >= 4 is 5.78 Å². The first kappa shape index (κ1) is 15.3. The Hall–Kier alpha value is -2.24. The van der Waals surface area contributed by atoms with Crippen LogP contribution < -0.4 is 5.32 Å². The lowest BCUT2D eigenvalue weighted by atomic mass is 10.0. The van der Waals surface area contributed by atoms with E-state index in [1.165, 1.54) is 11.1 Å². The first-order valence-electron chi connectivity index (χ1n) is 8.65. The first-order chi connectivity index (χ1) is 11.8. The molecule has 1 fully saturated rings. The van der Waals surface area contributed by atoms with Crippen LogP contribution in [0.1, 0.15) is 29.8 Å². The average molecular weight is 321 g/mol. The predicted molar refractivity (Wildman–Crippen MR) is 94.8 cm³/mol. The average Bonchev–Trinajstić information content (AvgIpc) is 3.04. The third kappa shape index (κ3) is 3.05. The van der Waals surface area contributed by atoms with E-state index in [9.17, 15) is 0 Å². The Kier molecular flexibility index (Phi) is 4.28. The summed E-state index contributed by atoms with van der Waals surface area (Å²) in [6.07, 6.45) is 6.95. The second-order valence-corrected chi connectivity index (χ2v) is 6.34. The maximum absolute atomic E-state index is 4.65. The van der Waals surface area contributed by atoms with Gasteiger partial charge in [0.25, 0.3) is 0 Å². The van der Waals surface area contributed by atoms with Crippen LogP contribution in [0.2, 0.25) is 0 Å². The van der Waals surface area contributed by atoms with E-state index in [0.717, 1.165) is 44.1 Å². The molecule has 0 bridgehead atoms. The van der Waals surface area contributed by atoms with Crippen LogP contribution in [0, 0.1) is 0 Å². The van der Waals surface area contributed by atoms with Gasteiger partial charge in [0.2, 0.25) is 5.78 Å². The zero-order chi connectivity index (χ0) is 16.4. The lowest BCUT2D eigenvalue weighted by molar-refractivity contribution is 0.152. The van der Waals surface area contributed by atoms with E-state index in [0.29, 0.717) is 6.04 Å². The molecule has 0 radical (unpaired) electrons. The number of piperazine rings is 1. The van der Waals surface area contributed by atoms with Crippen molar-refractivity contribution in [3.63, 3.8) is 0 Å². The Morgan fingerprint density at radius 2 is 2.12 bits per heavy atom. The Morgan fingerprint density at radius 1 is 1.25 bits per heavy atom. The van der Waals surface area contributed by atoms with Crippen LogP contribution >= 0.6 is 0 Å². The maximum atomic E-state index is 4.65. The molecule has 24 heavy (non-hydrogen) atoms. The van der Waals surface area contributed by atoms with Gasteiger partial charge in [-0.3, -0.25) is 9.30 Å². The van der Waals surface area contributed by atoms with Gasteiger partial charge in [0.05, 0.1) is 5.69 Å². The molecule has 1 unspecified atom stereocenters. The highest BCUT2D eigenvalue weighted by Crippen LogP contribution is 2.24. The molecule has 1 saturated heterocycles. The Morgan fingerprint density at radius 3 is 2.92 bits per heavy atom. The molecular formula is C19H23N5. The van der Waals surface area contributed by atoms with Crippen molar-refractivity contribution in [2.45, 2.75) is 25.9 Å². The topological polar surface area (TPSA) is 45.5 Å². The molecule has 1 aliphatic heterocycles. The van der Waals surface area contributed by atoms with E-state index >= 15 is 0 Å². The fourth-order valence-electron chi connectivity index (χ4n) is 3.40. The summed E-state index contributed by atoms with van der Waals surface area (Å²) in [6.45, 7) is 6.08. The molecule has 5 nitrogen and oxygen atoms in total. The largest absolute Gasteiger partial charge is 0.314 e. The van der Waals surface area contributed by atoms with E-state index in [1.807, 2.05) is 16.7 Å². The summed E-state index contributed by atoms with van der Waals surface area (Å²) in [5.74, 6) is 0.770. The van der Waals surface area contributed by atoms with Gasteiger partial charge >= 0.3 is 0 Å². The number of imidazole rings is 1. The maximum Gasteiger partial charge on any atom is 0.233 e. The lowest BCUT2D eigenvalue weighted by Gasteiger charge is -2.36. The molecule has 4 rings (SSSR count). The Balaban J connectivity index is 1.56. The number of nitrogens with one attached hydrogen (secondary N) is 1. The van der Waals surface area contributed by atoms with Gasteiger partial charge in [0, 0.05) is 50.8 Å². The van der Waals surface area contributed by atoms with Crippen molar-refractivity contribution < 1.29 is 0 Å². The molecule has 2 aromatic heterocycles. The molecule has 1 aliphatic rings. The van der Waals surface area contributed by atoms with Crippen LogP contribution in [0.25, 0.3) is 5.78 Å². The monoisotopic (exact) mass is 321 g/mol. The van der Waals surface area contributed by atoms with Crippen LogP contribution in [0.5, 0.6) is 0 Å². The fraction of sp³-hybridized carbons (Fsp3) is 0.368. The third-order valence-corrected chi connectivity index (χ3v) is 4.78. The minimum absolute atomic E-state index is 0.391. The van der Waals surface area contributed by atoms with Crippen molar-refractivity contribution in [1.82, 2.24) is 24.6 Å². The summed E-state index contributed by atoms with van der Waals surface area (Å²) in [4.78, 5) is 11.5. The molecular weight excluding hydrogens is 298 g/mol. The summed E-state index contributed by atoms with van der Waals surface area (Å²) in [7, 11) is 0. The van der Waals surface area contributed by atoms with Crippen LogP contribution in [0.15, 0.2) is 48.9 Å². The summed E-state index contributed by atoms with van der Waals surface area (Å²) >= 11 is 0. The van der Waals surface area contributed by atoms with Gasteiger partial charge in [-0.2, -0.15) is 0 Å². The predicted octanol–water partition coefficient (Wildman–Crippen LogP) is 2.44. The van der Waals surface area contributed by atoms with E-state index in [-0.39, 0.29) is 0 Å². The molecule has 0 amide bonds. The van der Waals surface area contributed by atoms with Gasteiger partial charge in [-0.1, -0.05) is 31.2 Å². The smallest absolute Gasteiger partial charge is 0.233 e. The van der Waals surface area contributed by atoms with E-state index in [2.05, 4.69) is 57.6 Å². The van der Waals surface area contributed by atoms with Crippen molar-refractivity contribution in [1.29, 1.82) is 0 Å². The van der Waals surface area contributed by atoms with Crippen LogP contribution in [-0.2, 0) is 13.0 Å². The Bertz CT molecular complexity index is 775. The number of rotatable bonds is 4. The van der Waals surface area contributed by atoms with Crippen molar-refractivity contribution in [2.75, 3.05) is 19.6 Å². The van der Waals surface area contributed by atoms with E-state index < -0.39 is 0 Å². The van der Waals surface area contributed by atoms with Gasteiger partial charge in [0.15, 0.2) is 0 Å². The normalized spacial score (nSPS) is 19.0. The summed E-state index contributed by atoms with van der Waals surface area (Å²) < 4.78 is 1.99. The van der Waals surface area contributed by atoms with Gasteiger partial charge < -0.3 is 5.32 Å². The van der Waals surface area contributed by atoms with Gasteiger partial charge in [0.1, 0.15) is 0 Å². The number of nitrogens with zero attached hydrogens (tertiary/aromatic N) is 4. The molecule has 1 N–H and O–H groups in total. The zero-order valence-corrected chi connectivity index (χ0v) is 14.0. The van der Waals surface area contributed by atoms with E-state index in [1.54, 1.807) is 6.20 Å². The minimum Gasteiger partial charge on any atom is -0.314 e. The number of aromatic nitrogens is 3. The highest BCUT2D eigenvalue weighted by Gasteiger charge is 2.24. The molecule has 5 heteroatoms. The number of hydrogen-bond donors (Lipinski definition) is 1. The number of fused-ring (bicyclic) bond motifs is 1. The highest BCUT2D eigenvalue weighted by molar-refractivity contribution is 5.30. The molecule has 3 heterocycles. The SMILES string of the molecule is CCc1ccc(C2CNCCN2Cc2cn3cccnc3n2)cc1. The molecule has 124 valence electrons. The lowest BCUT2D eigenvalue weighted by Crippen LogP contribution is -2.45. The molecule has 0 saturated carbocycles.